The van der Waals surface area contributed by atoms with Gasteiger partial charge < -0.3 is 13.6 Å². The van der Waals surface area contributed by atoms with Crippen LogP contribution in [-0.4, -0.2) is 60.8 Å². The van der Waals surface area contributed by atoms with Crippen molar-refractivity contribution >= 4 is 63.4 Å². The summed E-state index contributed by atoms with van der Waals surface area (Å²) in [5, 5.41) is 16.8. The molecular weight excluding hydrogens is 870 g/mol. The third-order valence-corrected chi connectivity index (χ3v) is 13.0. The number of halogens is 1. The Morgan fingerprint density at radius 2 is 1.16 bits per heavy atom. The average Bonchev–Trinajstić information content (AvgIpc) is 4.13. The van der Waals surface area contributed by atoms with Gasteiger partial charge in [0.05, 0.1) is 27.8 Å². The highest BCUT2D eigenvalue weighted by molar-refractivity contribution is 7.10. The van der Waals surface area contributed by atoms with Crippen molar-refractivity contribution in [3.63, 3.8) is 0 Å². The van der Waals surface area contributed by atoms with Gasteiger partial charge in [-0.05, 0) is 175 Å². The molecule has 7 aromatic heterocycles. The Morgan fingerprint density at radius 1 is 0.590 bits per heavy atom. The predicted octanol–water partition coefficient (Wildman–Crippen LogP) is 10.9. The number of hydrogen-bond donors (Lipinski definition) is 2. The van der Waals surface area contributed by atoms with Gasteiger partial charge in [0.15, 0.2) is 5.82 Å². The van der Waals surface area contributed by atoms with E-state index in [2.05, 4.69) is 98.3 Å². The molecule has 0 atom stereocenters. The van der Waals surface area contributed by atoms with Crippen LogP contribution in [0.15, 0.2) is 25.6 Å². The molecule has 0 amide bonds. The fraction of sp³-hybridized carbons (Fsp3) is 0.488. The zero-order valence-corrected chi connectivity index (χ0v) is 43.4. The van der Waals surface area contributed by atoms with Gasteiger partial charge in [0.25, 0.3) is 0 Å². The fourth-order valence-corrected chi connectivity index (χ4v) is 6.71. The van der Waals surface area contributed by atoms with E-state index in [4.69, 9.17) is 16.1 Å². The monoisotopic (exact) mass is 933 g/mol. The van der Waals surface area contributed by atoms with Crippen LogP contribution in [0.4, 0.5) is 0 Å². The minimum atomic E-state index is 0.623. The third kappa shape index (κ3) is 20.3. The van der Waals surface area contributed by atoms with Gasteiger partial charge in [-0.3, -0.25) is 5.01 Å². The van der Waals surface area contributed by atoms with Crippen molar-refractivity contribution in [1.82, 2.24) is 59.0 Å². The highest BCUT2D eigenvalue weighted by atomic mass is 35.5. The lowest BCUT2D eigenvalue weighted by Crippen LogP contribution is -2.36. The fourth-order valence-electron chi connectivity index (χ4n) is 3.98. The van der Waals surface area contributed by atoms with Gasteiger partial charge in [-0.1, -0.05) is 21.9 Å². The number of aromatic nitrogens is 9. The van der Waals surface area contributed by atoms with E-state index < -0.39 is 0 Å². The maximum absolute atomic E-state index is 5.63. The second kappa shape index (κ2) is 27.5. The molecule has 0 aromatic carbocycles. The molecule has 1 aliphatic rings. The van der Waals surface area contributed by atoms with Crippen LogP contribution in [0.3, 0.4) is 0 Å². The summed E-state index contributed by atoms with van der Waals surface area (Å²) in [6.07, 6.45) is 0. The lowest BCUT2D eigenvalue weighted by Gasteiger charge is -2.06. The number of nitrogens with zero attached hydrogens (tertiary/aromatic N) is 11. The summed E-state index contributed by atoms with van der Waals surface area (Å²) >= 11 is 11.9. The van der Waals surface area contributed by atoms with Gasteiger partial charge >= 0.3 is 0 Å². The third-order valence-electron chi connectivity index (χ3n) is 8.99. The largest absolute Gasteiger partial charge is 0.361 e. The molecule has 15 nitrogen and oxygen atoms in total. The predicted molar refractivity (Wildman–Crippen MR) is 255 cm³/mol. The van der Waals surface area contributed by atoms with Crippen molar-refractivity contribution in [3.8, 4) is 0 Å². The first-order valence-corrected chi connectivity index (χ1v) is 22.7. The van der Waals surface area contributed by atoms with Crippen LogP contribution in [0, 0.1) is 118 Å². The van der Waals surface area contributed by atoms with Crippen molar-refractivity contribution in [2.75, 3.05) is 7.05 Å². The topological polar surface area (TPSA) is 174 Å². The first-order chi connectivity index (χ1) is 28.5. The van der Waals surface area contributed by atoms with E-state index in [1.54, 1.807) is 53.3 Å². The minimum Gasteiger partial charge on any atom is -0.361 e. The van der Waals surface area contributed by atoms with E-state index >= 15 is 0 Å². The molecule has 0 unspecified atom stereocenters. The maximum atomic E-state index is 5.63. The van der Waals surface area contributed by atoms with Crippen LogP contribution in [-0.2, 0) is 7.05 Å². The van der Waals surface area contributed by atoms with Crippen LogP contribution < -0.4 is 11.1 Å². The second-order valence-electron chi connectivity index (χ2n) is 13.7. The minimum absolute atomic E-state index is 0.623. The Morgan fingerprint density at radius 3 is 1.28 bits per heavy atom. The van der Waals surface area contributed by atoms with Crippen LogP contribution in [0.1, 0.15) is 101 Å². The molecule has 8 rings (SSSR count). The summed E-state index contributed by atoms with van der Waals surface area (Å²) < 4.78 is 23.8. The lowest BCUT2D eigenvalue weighted by molar-refractivity contribution is 0.347. The van der Waals surface area contributed by atoms with E-state index in [0.717, 1.165) is 50.2 Å². The van der Waals surface area contributed by atoms with Gasteiger partial charge in [0, 0.05) is 46.9 Å². The van der Waals surface area contributed by atoms with Crippen LogP contribution >= 0.6 is 57.5 Å². The standard InChI is InChI=1S/C7H12N2.C6H9NO.2C6H9NS.C5H5ClS.C4H6N2O.C4H6N2S.C3H8N4/c1-5-6(2)9(4)7(3)8-5;3*1-4-5(2)7-8-6(4)3;1-4-5(6)2-3-7-4;2*1-3-5-4(2)7-6-3;1-3-4-5-6-7(3)2/h1-4H3;3*1-3H3;2-3H,1H3;2*1-2H3;5-6H,1-2H3. The molecule has 61 heavy (non-hydrogen) atoms. The number of imidazole rings is 1. The van der Waals surface area contributed by atoms with Crippen molar-refractivity contribution in [2.24, 2.45) is 12.1 Å². The SMILES string of the molecule is CC1=NNNN1C.Cc1nc(C)n(C)c1C.Cc1noc(C)c1C.Cc1noc(C)n1.Cc1nsc(C)c1C.Cc1nsc(C)c1C.Cc1nsc(C)n1.Cc1sccc1Cl. The van der Waals surface area contributed by atoms with Crippen LogP contribution in [0.2, 0.25) is 5.02 Å². The number of nitrogens with one attached hydrogen (secondary N) is 2. The van der Waals surface area contributed by atoms with E-state index in [0.29, 0.717) is 11.7 Å². The van der Waals surface area contributed by atoms with Crippen molar-refractivity contribution in [1.29, 1.82) is 0 Å². The Hall–Kier alpha value is -4.40. The molecule has 0 radical (unpaired) electrons. The number of hydrazone groups is 1. The molecule has 7 aromatic rings. The molecule has 2 N–H and O–H groups in total. The van der Waals surface area contributed by atoms with Crippen LogP contribution in [0.5, 0.6) is 0 Å². The number of thiophene rings is 1. The molecule has 20 heteroatoms. The highest BCUT2D eigenvalue weighted by Gasteiger charge is 2.03. The number of rotatable bonds is 0. The van der Waals surface area contributed by atoms with Gasteiger partial charge in [-0.2, -0.15) is 18.1 Å². The van der Waals surface area contributed by atoms with E-state index in [1.807, 2.05) is 102 Å². The van der Waals surface area contributed by atoms with E-state index in [1.165, 1.54) is 54.4 Å². The first-order valence-electron chi connectivity index (χ1n) is 19.1. The molecular formula is C41H64ClN13O2S4. The molecule has 336 valence electrons. The average molecular weight is 935 g/mol. The quantitative estimate of drug-likeness (QED) is 0.147. The normalized spacial score (nSPS) is 10.8. The first kappa shape index (κ1) is 54.6. The molecule has 0 bridgehead atoms. The number of hydrazine groups is 2. The summed E-state index contributed by atoms with van der Waals surface area (Å²) in [6, 6.07) is 1.90. The number of hydrogen-bond acceptors (Lipinski definition) is 18. The van der Waals surface area contributed by atoms with Gasteiger partial charge in [0.2, 0.25) is 5.89 Å². The van der Waals surface area contributed by atoms with Gasteiger partial charge in [0.1, 0.15) is 28.3 Å². The maximum Gasteiger partial charge on any atom is 0.223 e. The summed E-state index contributed by atoms with van der Waals surface area (Å²) in [5.41, 5.74) is 14.9. The van der Waals surface area contributed by atoms with E-state index in [9.17, 15) is 0 Å². The van der Waals surface area contributed by atoms with Crippen molar-refractivity contribution in [2.45, 2.75) is 125 Å². The number of aryl methyl sites for hydroxylation is 13. The molecule has 8 heterocycles. The molecule has 0 aliphatic carbocycles. The molecule has 0 fully saturated rings. The molecule has 0 spiro atoms. The van der Waals surface area contributed by atoms with Gasteiger partial charge in [-0.15, -0.1) is 22.0 Å². The molecule has 0 saturated carbocycles. The molecule has 0 saturated heterocycles. The summed E-state index contributed by atoms with van der Waals surface area (Å²) in [6.45, 7) is 35.8. The summed E-state index contributed by atoms with van der Waals surface area (Å²) in [4.78, 5) is 16.0. The Labute approximate surface area is 383 Å². The molecule has 1 aliphatic heterocycles. The van der Waals surface area contributed by atoms with Crippen LogP contribution in [0.25, 0.3) is 0 Å². The Balaban J connectivity index is 0.000000349. The van der Waals surface area contributed by atoms with Crippen molar-refractivity contribution < 1.29 is 9.05 Å². The number of amidine groups is 1. The smallest absolute Gasteiger partial charge is 0.223 e. The lowest BCUT2D eigenvalue weighted by atomic mass is 10.2. The zero-order chi connectivity index (χ0) is 46.6. The van der Waals surface area contributed by atoms with Crippen molar-refractivity contribution in [3.05, 3.63) is 110 Å². The summed E-state index contributed by atoms with van der Waals surface area (Å²) in [5.74, 6) is 5.14. The van der Waals surface area contributed by atoms with Gasteiger partial charge in [-0.25, -0.2) is 15.5 Å². The summed E-state index contributed by atoms with van der Waals surface area (Å²) in [7, 11) is 3.92. The zero-order valence-electron chi connectivity index (χ0n) is 39.4. The highest BCUT2D eigenvalue weighted by Crippen LogP contribution is 2.19. The Kier molecular flexibility index (Phi) is 24.6. The van der Waals surface area contributed by atoms with E-state index in [-0.39, 0.29) is 0 Å². The Bertz CT molecular complexity index is 2070. The second-order valence-corrected chi connectivity index (χ2v) is 18.2.